The summed E-state index contributed by atoms with van der Waals surface area (Å²) in [6.45, 7) is -0.323. The molecule has 0 aromatic heterocycles. The Kier molecular flexibility index (Phi) is 5.96. The third-order valence-electron chi connectivity index (χ3n) is 4.52. The zero-order valence-corrected chi connectivity index (χ0v) is 15.8. The van der Waals surface area contributed by atoms with Gasteiger partial charge in [-0.1, -0.05) is 36.4 Å². The van der Waals surface area contributed by atoms with Crippen LogP contribution in [-0.2, 0) is 19.6 Å². The van der Waals surface area contributed by atoms with Gasteiger partial charge in [0.15, 0.2) is 0 Å². The zero-order valence-electron chi connectivity index (χ0n) is 15.0. The standard InChI is InChI=1S/C19H21N3O5S/c23-18(12-20-28(26,27)16-9-5-2-6-10-16)22-13-15(11-17(22)19(24)25)21-14-7-3-1-4-8-14/h1-10,15,17,20-21H,11-13H2,(H,24,25). The van der Waals surface area contributed by atoms with E-state index >= 15 is 0 Å². The molecule has 0 bridgehead atoms. The highest BCUT2D eigenvalue weighted by atomic mass is 32.2. The van der Waals surface area contributed by atoms with Crippen molar-refractivity contribution in [3.8, 4) is 0 Å². The second-order valence-corrected chi connectivity index (χ2v) is 8.25. The predicted molar refractivity (Wildman–Crippen MR) is 103 cm³/mol. The number of rotatable bonds is 7. The fourth-order valence-corrected chi connectivity index (χ4v) is 4.16. The van der Waals surface area contributed by atoms with Crippen LogP contribution < -0.4 is 10.0 Å². The van der Waals surface area contributed by atoms with Gasteiger partial charge in [0.25, 0.3) is 0 Å². The van der Waals surface area contributed by atoms with Crippen molar-refractivity contribution in [3.63, 3.8) is 0 Å². The predicted octanol–water partition coefficient (Wildman–Crippen LogP) is 1.13. The second kappa shape index (κ2) is 8.41. The van der Waals surface area contributed by atoms with E-state index in [1.54, 1.807) is 18.2 Å². The van der Waals surface area contributed by atoms with E-state index in [4.69, 9.17) is 0 Å². The summed E-state index contributed by atoms with van der Waals surface area (Å²) < 4.78 is 26.8. The minimum atomic E-state index is -3.85. The first-order valence-electron chi connectivity index (χ1n) is 8.75. The van der Waals surface area contributed by atoms with Crippen LogP contribution in [0, 0.1) is 0 Å². The summed E-state index contributed by atoms with van der Waals surface area (Å²) in [6.07, 6.45) is 0.238. The van der Waals surface area contributed by atoms with Crippen molar-refractivity contribution in [2.75, 3.05) is 18.4 Å². The molecule has 9 heteroatoms. The molecule has 8 nitrogen and oxygen atoms in total. The third-order valence-corrected chi connectivity index (χ3v) is 5.94. The number of hydrogen-bond acceptors (Lipinski definition) is 5. The topological polar surface area (TPSA) is 116 Å². The maximum atomic E-state index is 12.5. The van der Waals surface area contributed by atoms with E-state index in [2.05, 4.69) is 10.0 Å². The summed E-state index contributed by atoms with van der Waals surface area (Å²) in [6, 6.07) is 15.7. The largest absolute Gasteiger partial charge is 0.480 e. The fourth-order valence-electron chi connectivity index (χ4n) is 3.16. The first-order valence-corrected chi connectivity index (χ1v) is 10.2. The van der Waals surface area contributed by atoms with Crippen molar-refractivity contribution in [2.24, 2.45) is 0 Å². The number of benzene rings is 2. The van der Waals surface area contributed by atoms with Gasteiger partial charge in [-0.25, -0.2) is 17.9 Å². The van der Waals surface area contributed by atoms with Gasteiger partial charge in [0.2, 0.25) is 15.9 Å². The van der Waals surface area contributed by atoms with Crippen LogP contribution in [0.4, 0.5) is 5.69 Å². The molecule has 1 amide bonds. The molecule has 1 fully saturated rings. The van der Waals surface area contributed by atoms with Crippen molar-refractivity contribution < 1.29 is 23.1 Å². The van der Waals surface area contributed by atoms with Crippen LogP contribution >= 0.6 is 0 Å². The molecule has 2 atom stereocenters. The molecule has 1 saturated heterocycles. The molecule has 3 rings (SSSR count). The maximum absolute atomic E-state index is 12.5. The minimum Gasteiger partial charge on any atom is -0.480 e. The smallest absolute Gasteiger partial charge is 0.326 e. The van der Waals surface area contributed by atoms with Gasteiger partial charge in [-0.3, -0.25) is 4.79 Å². The molecule has 28 heavy (non-hydrogen) atoms. The van der Waals surface area contributed by atoms with Crippen molar-refractivity contribution in [2.45, 2.75) is 23.4 Å². The van der Waals surface area contributed by atoms with Crippen molar-refractivity contribution in [3.05, 3.63) is 60.7 Å². The van der Waals surface area contributed by atoms with Gasteiger partial charge in [-0.15, -0.1) is 0 Å². The first-order chi connectivity index (χ1) is 13.4. The number of carbonyl (C=O) groups excluding carboxylic acids is 1. The van der Waals surface area contributed by atoms with E-state index in [1.165, 1.54) is 17.0 Å². The fraction of sp³-hybridized carbons (Fsp3) is 0.263. The third kappa shape index (κ3) is 4.68. The summed E-state index contributed by atoms with van der Waals surface area (Å²) in [7, 11) is -3.85. The second-order valence-electron chi connectivity index (χ2n) is 6.48. The number of anilines is 1. The van der Waals surface area contributed by atoms with Crippen LogP contribution in [0.25, 0.3) is 0 Å². The molecule has 2 aromatic rings. The molecule has 3 N–H and O–H groups in total. The van der Waals surface area contributed by atoms with E-state index in [1.807, 2.05) is 30.3 Å². The quantitative estimate of drug-likeness (QED) is 0.638. The number of sulfonamides is 1. The molecule has 1 aliphatic rings. The Bertz CT molecular complexity index is 935. The lowest BCUT2D eigenvalue weighted by molar-refractivity contribution is -0.147. The maximum Gasteiger partial charge on any atom is 0.326 e. The van der Waals surface area contributed by atoms with Gasteiger partial charge < -0.3 is 15.3 Å². The van der Waals surface area contributed by atoms with Gasteiger partial charge in [0.05, 0.1) is 11.4 Å². The Morgan fingerprint density at radius 3 is 2.25 bits per heavy atom. The number of hydrogen-bond donors (Lipinski definition) is 3. The Morgan fingerprint density at radius 1 is 1.04 bits per heavy atom. The molecule has 148 valence electrons. The van der Waals surface area contributed by atoms with Gasteiger partial charge in [-0.2, -0.15) is 0 Å². The van der Waals surface area contributed by atoms with Crippen LogP contribution in [0.3, 0.4) is 0 Å². The molecular formula is C19H21N3O5S. The Labute approximate surface area is 163 Å². The molecule has 0 spiro atoms. The number of nitrogens with one attached hydrogen (secondary N) is 2. The van der Waals surface area contributed by atoms with Gasteiger partial charge in [-0.05, 0) is 24.3 Å². The van der Waals surface area contributed by atoms with Crippen LogP contribution in [0.15, 0.2) is 65.6 Å². The molecule has 1 heterocycles. The normalized spacial score (nSPS) is 19.4. The van der Waals surface area contributed by atoms with Gasteiger partial charge in [0, 0.05) is 24.7 Å². The molecule has 2 aromatic carbocycles. The summed E-state index contributed by atoms with van der Waals surface area (Å²) in [5.74, 6) is -1.69. The highest BCUT2D eigenvalue weighted by Crippen LogP contribution is 2.22. The highest BCUT2D eigenvalue weighted by Gasteiger charge is 2.39. The monoisotopic (exact) mass is 403 g/mol. The van der Waals surface area contributed by atoms with E-state index in [-0.39, 0.29) is 23.9 Å². The molecular weight excluding hydrogens is 382 g/mol. The lowest BCUT2D eigenvalue weighted by atomic mass is 10.1. The van der Waals surface area contributed by atoms with Crippen molar-refractivity contribution >= 4 is 27.6 Å². The SMILES string of the molecule is O=C(O)C1CC(Nc2ccccc2)CN1C(=O)CNS(=O)(=O)c1ccccc1. The van der Waals surface area contributed by atoms with Crippen molar-refractivity contribution in [1.29, 1.82) is 0 Å². The lowest BCUT2D eigenvalue weighted by Gasteiger charge is -2.21. The number of para-hydroxylation sites is 1. The summed E-state index contributed by atoms with van der Waals surface area (Å²) >= 11 is 0. The molecule has 0 radical (unpaired) electrons. The number of carboxylic acid groups (broad SMARTS) is 1. The number of likely N-dealkylation sites (tertiary alicyclic amines) is 1. The first kappa shape index (κ1) is 19.8. The zero-order chi connectivity index (χ0) is 20.1. The van der Waals surface area contributed by atoms with Gasteiger partial charge >= 0.3 is 5.97 Å². The lowest BCUT2D eigenvalue weighted by Crippen LogP contribution is -2.45. The van der Waals surface area contributed by atoms with E-state index in [9.17, 15) is 23.1 Å². The Morgan fingerprint density at radius 2 is 1.64 bits per heavy atom. The minimum absolute atomic E-state index is 0.0441. The number of nitrogens with zero attached hydrogens (tertiary/aromatic N) is 1. The van der Waals surface area contributed by atoms with Gasteiger partial charge in [0.1, 0.15) is 6.04 Å². The average Bonchev–Trinajstić information content (AvgIpc) is 3.12. The highest BCUT2D eigenvalue weighted by molar-refractivity contribution is 7.89. The van der Waals surface area contributed by atoms with E-state index in [0.29, 0.717) is 0 Å². The number of amides is 1. The van der Waals surface area contributed by atoms with E-state index in [0.717, 1.165) is 5.69 Å². The van der Waals surface area contributed by atoms with Crippen LogP contribution in [0.2, 0.25) is 0 Å². The Balaban J connectivity index is 1.65. The van der Waals surface area contributed by atoms with E-state index < -0.39 is 34.5 Å². The molecule has 2 unspecified atom stereocenters. The number of carboxylic acids is 1. The summed E-state index contributed by atoms with van der Waals surface area (Å²) in [4.78, 5) is 25.4. The summed E-state index contributed by atoms with van der Waals surface area (Å²) in [5, 5.41) is 12.7. The van der Waals surface area contributed by atoms with Crippen LogP contribution in [0.1, 0.15) is 6.42 Å². The molecule has 1 aliphatic heterocycles. The molecule has 0 aliphatic carbocycles. The van der Waals surface area contributed by atoms with Crippen LogP contribution in [-0.4, -0.2) is 55.5 Å². The Hall–Kier alpha value is -2.91. The van der Waals surface area contributed by atoms with Crippen LogP contribution in [0.5, 0.6) is 0 Å². The number of carbonyl (C=O) groups is 2. The summed E-state index contributed by atoms with van der Waals surface area (Å²) in [5.41, 5.74) is 0.829. The molecule has 0 saturated carbocycles. The van der Waals surface area contributed by atoms with Crippen molar-refractivity contribution in [1.82, 2.24) is 9.62 Å². The number of aliphatic carboxylic acids is 1. The average molecular weight is 403 g/mol.